The monoisotopic (exact) mass is 373 g/mol. The number of rotatable bonds is 6. The first-order chi connectivity index (χ1) is 13.1. The molecule has 0 amide bonds. The molecule has 1 aliphatic heterocycles. The molecule has 7 nitrogen and oxygen atoms in total. The molecule has 27 heavy (non-hydrogen) atoms. The molecule has 3 heterocycles. The van der Waals surface area contributed by atoms with Crippen molar-refractivity contribution in [3.05, 3.63) is 28.4 Å². The molecular weight excluding hydrogens is 342 g/mol. The lowest BCUT2D eigenvalue weighted by atomic mass is 10.1. The molecule has 1 aliphatic rings. The van der Waals surface area contributed by atoms with Crippen LogP contribution < -0.4 is 10.3 Å². The minimum atomic E-state index is -0.00811. The fourth-order valence-electron chi connectivity index (χ4n) is 3.92. The highest BCUT2D eigenvalue weighted by molar-refractivity contribution is 5.77. The molecule has 0 aromatic carbocycles. The number of aromatic nitrogens is 3. The van der Waals surface area contributed by atoms with Crippen LogP contribution in [-0.2, 0) is 6.54 Å². The van der Waals surface area contributed by atoms with Crippen LogP contribution in [-0.4, -0.2) is 64.7 Å². The molecule has 1 unspecified atom stereocenters. The van der Waals surface area contributed by atoms with Crippen molar-refractivity contribution >= 4 is 10.9 Å². The minimum absolute atomic E-state index is 0.00811. The van der Waals surface area contributed by atoms with Crippen LogP contribution in [0.25, 0.3) is 10.9 Å². The Bertz CT molecular complexity index is 835. The van der Waals surface area contributed by atoms with Gasteiger partial charge in [0.15, 0.2) is 0 Å². The fraction of sp³-hybridized carbons (Fsp3) is 0.650. The Morgan fingerprint density at radius 1 is 1.22 bits per heavy atom. The van der Waals surface area contributed by atoms with E-state index in [4.69, 9.17) is 9.72 Å². The number of likely N-dealkylation sites (N-methyl/N-ethyl adjacent to an activating group) is 1. The molecule has 0 saturated carbocycles. The summed E-state index contributed by atoms with van der Waals surface area (Å²) >= 11 is 0. The predicted octanol–water partition coefficient (Wildman–Crippen LogP) is 2.30. The van der Waals surface area contributed by atoms with Crippen LogP contribution in [0.4, 0.5) is 0 Å². The summed E-state index contributed by atoms with van der Waals surface area (Å²) in [4.78, 5) is 27.2. The fourth-order valence-corrected chi connectivity index (χ4v) is 3.92. The molecule has 3 rings (SSSR count). The van der Waals surface area contributed by atoms with Crippen molar-refractivity contribution in [1.29, 1.82) is 0 Å². The number of hydrogen-bond donors (Lipinski definition) is 0. The number of hydrogen-bond acceptors (Lipinski definition) is 6. The Hall–Kier alpha value is -1.99. The highest BCUT2D eigenvalue weighted by Gasteiger charge is 2.26. The minimum Gasteiger partial charge on any atom is -0.481 e. The number of methoxy groups -OCH3 is 1. The Kier molecular flexibility index (Phi) is 6.44. The molecule has 1 saturated heterocycles. The van der Waals surface area contributed by atoms with Gasteiger partial charge in [-0.2, -0.15) is 0 Å². The highest BCUT2D eigenvalue weighted by atomic mass is 16.5. The van der Waals surface area contributed by atoms with Crippen LogP contribution in [0.1, 0.15) is 45.0 Å². The van der Waals surface area contributed by atoms with Gasteiger partial charge in [0.25, 0.3) is 5.56 Å². The second kappa shape index (κ2) is 8.80. The molecular formula is C20H31N5O2. The van der Waals surface area contributed by atoms with Crippen molar-refractivity contribution in [2.24, 2.45) is 0 Å². The lowest BCUT2D eigenvalue weighted by molar-refractivity contribution is 0.180. The van der Waals surface area contributed by atoms with Gasteiger partial charge in [-0.1, -0.05) is 13.3 Å². The summed E-state index contributed by atoms with van der Waals surface area (Å²) in [5.41, 5.74) is 0.639. The Balaban J connectivity index is 2.09. The third-order valence-electron chi connectivity index (χ3n) is 5.43. The van der Waals surface area contributed by atoms with Gasteiger partial charge in [-0.05, 0) is 33.4 Å². The first kappa shape index (κ1) is 19.8. The summed E-state index contributed by atoms with van der Waals surface area (Å²) in [6, 6.07) is 1.84. The summed E-state index contributed by atoms with van der Waals surface area (Å²) < 4.78 is 7.02. The molecule has 1 fully saturated rings. The lowest BCUT2D eigenvalue weighted by Gasteiger charge is -2.31. The van der Waals surface area contributed by atoms with Crippen LogP contribution in [0.2, 0.25) is 0 Å². The van der Waals surface area contributed by atoms with Crippen molar-refractivity contribution in [3.63, 3.8) is 0 Å². The first-order valence-corrected chi connectivity index (χ1v) is 9.96. The van der Waals surface area contributed by atoms with Gasteiger partial charge >= 0.3 is 0 Å². The zero-order valence-corrected chi connectivity index (χ0v) is 16.9. The number of fused-ring (bicyclic) bond motifs is 1. The van der Waals surface area contributed by atoms with Crippen molar-refractivity contribution in [2.75, 3.05) is 40.3 Å². The predicted molar refractivity (Wildman–Crippen MR) is 107 cm³/mol. The van der Waals surface area contributed by atoms with E-state index >= 15 is 0 Å². The number of nitrogens with zero attached hydrogens (tertiary/aromatic N) is 5. The Labute approximate surface area is 161 Å². The molecule has 0 radical (unpaired) electrons. The molecule has 0 N–H and O–H groups in total. The van der Waals surface area contributed by atoms with Crippen LogP contribution in [0.5, 0.6) is 5.88 Å². The SMILES string of the molecule is CCCC(c1nc2cnc(OC)cc2c(=O)n1CC)N1CCCN(C)CC1. The second-order valence-corrected chi connectivity index (χ2v) is 7.26. The number of pyridine rings is 1. The zero-order chi connectivity index (χ0) is 19.4. The Morgan fingerprint density at radius 3 is 2.74 bits per heavy atom. The quantitative estimate of drug-likeness (QED) is 0.774. The van der Waals surface area contributed by atoms with Gasteiger partial charge in [-0.15, -0.1) is 0 Å². The van der Waals surface area contributed by atoms with Gasteiger partial charge in [-0.3, -0.25) is 14.3 Å². The average molecular weight is 374 g/mol. The maximum Gasteiger partial charge on any atom is 0.261 e. The van der Waals surface area contributed by atoms with Gasteiger partial charge in [0.05, 0.1) is 30.3 Å². The summed E-state index contributed by atoms with van der Waals surface area (Å²) in [7, 11) is 3.73. The van der Waals surface area contributed by atoms with E-state index in [2.05, 4.69) is 28.8 Å². The van der Waals surface area contributed by atoms with Crippen molar-refractivity contribution in [2.45, 2.75) is 45.7 Å². The van der Waals surface area contributed by atoms with E-state index in [0.29, 0.717) is 23.3 Å². The third kappa shape index (κ3) is 4.14. The zero-order valence-electron chi connectivity index (χ0n) is 16.9. The van der Waals surface area contributed by atoms with Crippen LogP contribution >= 0.6 is 0 Å². The van der Waals surface area contributed by atoms with E-state index in [1.807, 2.05) is 11.5 Å². The van der Waals surface area contributed by atoms with Crippen LogP contribution in [0.3, 0.4) is 0 Å². The summed E-state index contributed by atoms with van der Waals surface area (Å²) in [5, 5.41) is 0.568. The third-order valence-corrected chi connectivity index (χ3v) is 5.43. The van der Waals surface area contributed by atoms with Crippen molar-refractivity contribution in [1.82, 2.24) is 24.3 Å². The van der Waals surface area contributed by atoms with E-state index in [-0.39, 0.29) is 11.6 Å². The van der Waals surface area contributed by atoms with E-state index < -0.39 is 0 Å². The van der Waals surface area contributed by atoms with Crippen LogP contribution in [0.15, 0.2) is 17.1 Å². The molecule has 2 aromatic rings. The van der Waals surface area contributed by atoms with Crippen molar-refractivity contribution < 1.29 is 4.74 Å². The van der Waals surface area contributed by atoms with Crippen molar-refractivity contribution in [3.8, 4) is 5.88 Å². The molecule has 1 atom stereocenters. The van der Waals surface area contributed by atoms with Gasteiger partial charge in [0.2, 0.25) is 5.88 Å². The summed E-state index contributed by atoms with van der Waals surface area (Å²) in [5.74, 6) is 1.31. The normalized spacial score (nSPS) is 17.8. The molecule has 0 spiro atoms. The second-order valence-electron chi connectivity index (χ2n) is 7.26. The topological polar surface area (TPSA) is 63.5 Å². The maximum atomic E-state index is 13.2. The molecule has 0 bridgehead atoms. The maximum absolute atomic E-state index is 13.2. The number of ether oxygens (including phenoxy) is 1. The molecule has 148 valence electrons. The highest BCUT2D eigenvalue weighted by Crippen LogP contribution is 2.26. The van der Waals surface area contributed by atoms with Gasteiger partial charge in [0, 0.05) is 32.2 Å². The summed E-state index contributed by atoms with van der Waals surface area (Å²) in [6.07, 6.45) is 4.83. The standard InChI is InChI=1S/C20H31N5O2/c1-5-8-17(24-10-7-9-23(3)11-12-24)19-22-16-14-21-18(27-4)13-15(16)20(26)25(19)6-2/h13-14,17H,5-12H2,1-4H3. The van der Waals surface area contributed by atoms with Gasteiger partial charge < -0.3 is 9.64 Å². The molecule has 7 heteroatoms. The molecule has 2 aromatic heterocycles. The van der Waals surface area contributed by atoms with E-state index in [1.165, 1.54) is 0 Å². The van der Waals surface area contributed by atoms with Gasteiger partial charge in [-0.25, -0.2) is 9.97 Å². The lowest BCUT2D eigenvalue weighted by Crippen LogP contribution is -2.37. The largest absolute Gasteiger partial charge is 0.481 e. The first-order valence-electron chi connectivity index (χ1n) is 9.96. The Morgan fingerprint density at radius 2 is 2.04 bits per heavy atom. The average Bonchev–Trinajstić information content (AvgIpc) is 2.90. The molecule has 0 aliphatic carbocycles. The van der Waals surface area contributed by atoms with Crippen LogP contribution in [0, 0.1) is 0 Å². The van der Waals surface area contributed by atoms with E-state index in [1.54, 1.807) is 19.4 Å². The summed E-state index contributed by atoms with van der Waals surface area (Å²) in [6.45, 7) is 9.01. The van der Waals surface area contributed by atoms with E-state index in [9.17, 15) is 4.79 Å². The smallest absolute Gasteiger partial charge is 0.261 e. The van der Waals surface area contributed by atoms with Gasteiger partial charge in [0.1, 0.15) is 5.82 Å². The van der Waals surface area contributed by atoms with E-state index in [0.717, 1.165) is 51.3 Å².